The lowest BCUT2D eigenvalue weighted by Crippen LogP contribution is -2.02. The van der Waals surface area contributed by atoms with Crippen LogP contribution >= 0.6 is 11.6 Å². The zero-order valence-electron chi connectivity index (χ0n) is 10.4. The summed E-state index contributed by atoms with van der Waals surface area (Å²) in [5.41, 5.74) is 1.62. The Balaban J connectivity index is 1.98. The SMILES string of the molecule is N#CC(=CNc1c(Cl)ccc2c1C(=O)OC2)c1nn[nH]n1. The minimum atomic E-state index is -0.457. The second-order valence-electron chi connectivity index (χ2n) is 4.08. The van der Waals surface area contributed by atoms with Crippen LogP contribution < -0.4 is 5.32 Å². The number of nitriles is 1. The second-order valence-corrected chi connectivity index (χ2v) is 4.49. The van der Waals surface area contributed by atoms with E-state index in [-0.39, 0.29) is 18.0 Å². The molecule has 0 spiro atoms. The van der Waals surface area contributed by atoms with Gasteiger partial charge in [-0.25, -0.2) is 4.79 Å². The maximum Gasteiger partial charge on any atom is 0.341 e. The number of aromatic amines is 1. The molecular weight excluding hydrogens is 296 g/mol. The Bertz CT molecular complexity index is 778. The number of carbonyl (C=O) groups is 1. The Labute approximate surface area is 123 Å². The third-order valence-corrected chi connectivity index (χ3v) is 3.19. The van der Waals surface area contributed by atoms with Crippen LogP contribution in [0.3, 0.4) is 0 Å². The van der Waals surface area contributed by atoms with Crippen LogP contribution in [0.4, 0.5) is 5.69 Å². The molecular formula is C12H7ClN6O2. The standard InChI is InChI=1S/C12H7ClN6O2/c13-8-2-1-6-5-21-12(20)9(6)10(8)15-4-7(3-14)11-16-18-19-17-11/h1-2,4,15H,5H2,(H,16,17,18,19). The zero-order valence-corrected chi connectivity index (χ0v) is 11.2. The highest BCUT2D eigenvalue weighted by atomic mass is 35.5. The molecule has 0 unspecified atom stereocenters. The molecule has 1 aliphatic heterocycles. The number of cyclic esters (lactones) is 1. The van der Waals surface area contributed by atoms with Crippen molar-refractivity contribution in [1.29, 1.82) is 5.26 Å². The number of H-pyrrole nitrogens is 1. The number of rotatable bonds is 3. The summed E-state index contributed by atoms with van der Waals surface area (Å²) in [6.07, 6.45) is 1.36. The van der Waals surface area contributed by atoms with Gasteiger partial charge in [-0.15, -0.1) is 10.2 Å². The van der Waals surface area contributed by atoms with E-state index in [0.717, 1.165) is 5.56 Å². The van der Waals surface area contributed by atoms with E-state index < -0.39 is 5.97 Å². The van der Waals surface area contributed by atoms with E-state index >= 15 is 0 Å². The number of carbonyl (C=O) groups excluding carboxylic acids is 1. The molecule has 8 nitrogen and oxygen atoms in total. The highest BCUT2D eigenvalue weighted by Crippen LogP contribution is 2.33. The third-order valence-electron chi connectivity index (χ3n) is 2.87. The molecule has 3 rings (SSSR count). The number of hydrogen-bond donors (Lipinski definition) is 2. The molecule has 0 aliphatic carbocycles. The van der Waals surface area contributed by atoms with E-state index in [1.807, 2.05) is 6.07 Å². The third kappa shape index (κ3) is 2.30. The number of nitrogens with one attached hydrogen (secondary N) is 2. The Hall–Kier alpha value is -2.92. The van der Waals surface area contributed by atoms with Gasteiger partial charge in [0.05, 0.1) is 16.3 Å². The Morgan fingerprint density at radius 3 is 3.14 bits per heavy atom. The Morgan fingerprint density at radius 2 is 2.43 bits per heavy atom. The molecule has 2 N–H and O–H groups in total. The number of esters is 1. The molecule has 0 saturated carbocycles. The number of halogens is 1. The largest absolute Gasteiger partial charge is 0.457 e. The topological polar surface area (TPSA) is 117 Å². The first-order chi connectivity index (χ1) is 10.2. The van der Waals surface area contributed by atoms with E-state index in [9.17, 15) is 4.79 Å². The summed E-state index contributed by atoms with van der Waals surface area (Å²) in [7, 11) is 0. The second kappa shape index (κ2) is 5.22. The molecule has 0 fully saturated rings. The minimum absolute atomic E-state index is 0.135. The average molecular weight is 303 g/mol. The van der Waals surface area contributed by atoms with E-state index in [1.165, 1.54) is 6.20 Å². The van der Waals surface area contributed by atoms with Crippen LogP contribution in [0.1, 0.15) is 21.7 Å². The summed E-state index contributed by atoms with van der Waals surface area (Å²) in [4.78, 5) is 11.7. The fourth-order valence-electron chi connectivity index (χ4n) is 1.90. The van der Waals surface area contributed by atoms with Crippen molar-refractivity contribution in [2.75, 3.05) is 5.32 Å². The van der Waals surface area contributed by atoms with Crippen molar-refractivity contribution in [2.24, 2.45) is 0 Å². The lowest BCUT2D eigenvalue weighted by molar-refractivity contribution is 0.0536. The van der Waals surface area contributed by atoms with Crippen molar-refractivity contribution in [3.63, 3.8) is 0 Å². The van der Waals surface area contributed by atoms with Crippen LogP contribution in [0.25, 0.3) is 5.57 Å². The molecule has 21 heavy (non-hydrogen) atoms. The molecule has 1 aromatic heterocycles. The zero-order chi connectivity index (χ0) is 14.8. The van der Waals surface area contributed by atoms with Gasteiger partial charge in [-0.3, -0.25) is 0 Å². The number of hydrogen-bond acceptors (Lipinski definition) is 7. The van der Waals surface area contributed by atoms with Crippen LogP contribution in [0.5, 0.6) is 0 Å². The van der Waals surface area contributed by atoms with Crippen molar-refractivity contribution < 1.29 is 9.53 Å². The van der Waals surface area contributed by atoms with Crippen molar-refractivity contribution >= 4 is 28.8 Å². The van der Waals surface area contributed by atoms with Gasteiger partial charge in [-0.2, -0.15) is 10.5 Å². The summed E-state index contributed by atoms with van der Waals surface area (Å²) in [6, 6.07) is 5.30. The molecule has 9 heteroatoms. The Kier molecular flexibility index (Phi) is 3.25. The van der Waals surface area contributed by atoms with Gasteiger partial charge >= 0.3 is 5.97 Å². The predicted octanol–water partition coefficient (Wildman–Crippen LogP) is 1.50. The molecule has 104 valence electrons. The highest BCUT2D eigenvalue weighted by Gasteiger charge is 2.26. The number of benzene rings is 1. The maximum absolute atomic E-state index is 11.7. The van der Waals surface area contributed by atoms with Crippen LogP contribution in [0.2, 0.25) is 5.02 Å². The lowest BCUT2D eigenvalue weighted by Gasteiger charge is -2.07. The molecule has 2 aromatic rings. The minimum Gasteiger partial charge on any atom is -0.457 e. The molecule has 1 aromatic carbocycles. The monoisotopic (exact) mass is 302 g/mol. The van der Waals surface area contributed by atoms with Gasteiger partial charge < -0.3 is 10.1 Å². The van der Waals surface area contributed by atoms with E-state index in [0.29, 0.717) is 16.3 Å². The normalized spacial score (nSPS) is 13.5. The van der Waals surface area contributed by atoms with Gasteiger partial charge in [-0.1, -0.05) is 17.7 Å². The van der Waals surface area contributed by atoms with Crippen molar-refractivity contribution in [1.82, 2.24) is 20.6 Å². The number of anilines is 1. The van der Waals surface area contributed by atoms with Crippen LogP contribution in [-0.4, -0.2) is 26.6 Å². The number of ether oxygens (including phenoxy) is 1. The first kappa shape index (κ1) is 13.1. The van der Waals surface area contributed by atoms with Gasteiger partial charge in [0.1, 0.15) is 18.2 Å². The number of tetrazole rings is 1. The molecule has 0 bridgehead atoms. The van der Waals surface area contributed by atoms with Crippen molar-refractivity contribution in [3.8, 4) is 6.07 Å². The van der Waals surface area contributed by atoms with Gasteiger partial charge in [0, 0.05) is 11.8 Å². The fourth-order valence-corrected chi connectivity index (χ4v) is 2.11. The van der Waals surface area contributed by atoms with E-state index in [4.69, 9.17) is 21.6 Å². The summed E-state index contributed by atoms with van der Waals surface area (Å²) in [6.45, 7) is 0.208. The number of aromatic nitrogens is 4. The molecule has 0 atom stereocenters. The number of fused-ring (bicyclic) bond motifs is 1. The van der Waals surface area contributed by atoms with Crippen molar-refractivity contribution in [2.45, 2.75) is 6.61 Å². The molecule has 0 saturated heterocycles. The quantitative estimate of drug-likeness (QED) is 0.651. The fraction of sp³-hybridized carbons (Fsp3) is 0.0833. The van der Waals surface area contributed by atoms with Gasteiger partial charge in [0.2, 0.25) is 5.82 Å². The maximum atomic E-state index is 11.7. The number of nitrogens with zero attached hydrogens (tertiary/aromatic N) is 4. The summed E-state index contributed by atoms with van der Waals surface area (Å²) in [5.74, 6) is -0.322. The summed E-state index contributed by atoms with van der Waals surface area (Å²) >= 11 is 6.09. The van der Waals surface area contributed by atoms with Gasteiger partial charge in [0.25, 0.3) is 0 Å². The molecule has 1 aliphatic rings. The highest BCUT2D eigenvalue weighted by molar-refractivity contribution is 6.34. The van der Waals surface area contributed by atoms with E-state index in [2.05, 4.69) is 25.9 Å². The molecule has 2 heterocycles. The molecule has 0 amide bonds. The average Bonchev–Trinajstić information content (AvgIpc) is 3.12. The Morgan fingerprint density at radius 1 is 1.57 bits per heavy atom. The van der Waals surface area contributed by atoms with E-state index in [1.54, 1.807) is 12.1 Å². The predicted molar refractivity (Wildman–Crippen MR) is 72.0 cm³/mol. The van der Waals surface area contributed by atoms with Crippen LogP contribution in [0, 0.1) is 11.3 Å². The number of allylic oxidation sites excluding steroid dienone is 1. The summed E-state index contributed by atoms with van der Waals surface area (Å²) in [5, 5.41) is 25.3. The first-order valence-corrected chi connectivity index (χ1v) is 6.17. The lowest BCUT2D eigenvalue weighted by atomic mass is 10.1. The van der Waals surface area contributed by atoms with Crippen molar-refractivity contribution in [3.05, 3.63) is 40.3 Å². The van der Waals surface area contributed by atoms with Crippen LogP contribution in [0.15, 0.2) is 18.3 Å². The van der Waals surface area contributed by atoms with Crippen LogP contribution in [-0.2, 0) is 11.3 Å². The first-order valence-electron chi connectivity index (χ1n) is 5.80. The van der Waals surface area contributed by atoms with Gasteiger partial charge in [-0.05, 0) is 11.3 Å². The smallest absolute Gasteiger partial charge is 0.341 e. The summed E-state index contributed by atoms with van der Waals surface area (Å²) < 4.78 is 4.96. The van der Waals surface area contributed by atoms with Gasteiger partial charge in [0.15, 0.2) is 0 Å². The molecule has 0 radical (unpaired) electrons.